The van der Waals surface area contributed by atoms with Crippen LogP contribution in [0.2, 0.25) is 0 Å². The first kappa shape index (κ1) is 16.5. The Kier molecular flexibility index (Phi) is 4.82. The van der Waals surface area contributed by atoms with Gasteiger partial charge < -0.3 is 15.0 Å². The average Bonchev–Trinajstić information content (AvgIpc) is 2.93. The Hall–Kier alpha value is -2.38. The fourth-order valence-corrected chi connectivity index (χ4v) is 2.87. The Balaban J connectivity index is 1.75. The van der Waals surface area contributed by atoms with E-state index in [9.17, 15) is 9.59 Å². The van der Waals surface area contributed by atoms with E-state index in [1.807, 2.05) is 19.1 Å². The zero-order chi connectivity index (χ0) is 17.1. The van der Waals surface area contributed by atoms with Crippen LogP contribution in [0.1, 0.15) is 12.6 Å². The second kappa shape index (κ2) is 7.02. The number of hydrogen-bond acceptors (Lipinski definition) is 4. The summed E-state index contributed by atoms with van der Waals surface area (Å²) in [6, 6.07) is 7.22. The van der Waals surface area contributed by atoms with Crippen LogP contribution >= 0.6 is 0 Å². The van der Waals surface area contributed by atoms with Crippen LogP contribution in [0.5, 0.6) is 0 Å². The maximum absolute atomic E-state index is 12.4. The van der Waals surface area contributed by atoms with Gasteiger partial charge in [0.2, 0.25) is 0 Å². The minimum Gasteiger partial charge on any atom is -0.366 e. The number of morpholine rings is 1. The van der Waals surface area contributed by atoms with E-state index in [-0.39, 0.29) is 11.6 Å². The molecule has 1 fully saturated rings. The summed E-state index contributed by atoms with van der Waals surface area (Å²) >= 11 is 0. The normalized spacial score (nSPS) is 18.5. The molecule has 1 saturated heterocycles. The van der Waals surface area contributed by atoms with Crippen LogP contribution in [0.4, 0.5) is 5.69 Å². The molecule has 1 aromatic carbocycles. The third kappa shape index (κ3) is 3.42. The van der Waals surface area contributed by atoms with Crippen LogP contribution in [0.25, 0.3) is 5.69 Å². The molecule has 1 amide bonds. The Morgan fingerprint density at radius 3 is 3.00 bits per heavy atom. The van der Waals surface area contributed by atoms with Gasteiger partial charge in [0.1, 0.15) is 6.10 Å². The molecule has 3 rings (SSSR count). The molecule has 0 radical (unpaired) electrons. The highest BCUT2D eigenvalue weighted by atomic mass is 16.5. The SMILES string of the molecule is CCN1CCO[C@@H](C(=O)Nc2cccc(-n3c(C)c[nH]c3=O)c2)C1. The molecule has 1 atom stereocenters. The minimum absolute atomic E-state index is 0.163. The van der Waals surface area contributed by atoms with Gasteiger partial charge in [-0.05, 0) is 31.7 Å². The highest BCUT2D eigenvalue weighted by molar-refractivity contribution is 5.94. The van der Waals surface area contributed by atoms with Crippen molar-refractivity contribution in [3.63, 3.8) is 0 Å². The number of nitrogens with one attached hydrogen (secondary N) is 2. The summed E-state index contributed by atoms with van der Waals surface area (Å²) in [5, 5.41) is 2.88. The van der Waals surface area contributed by atoms with Gasteiger partial charge in [0, 0.05) is 30.7 Å². The first-order valence-electron chi connectivity index (χ1n) is 8.10. The van der Waals surface area contributed by atoms with Crippen molar-refractivity contribution < 1.29 is 9.53 Å². The number of ether oxygens (including phenoxy) is 1. The minimum atomic E-state index is -0.473. The molecule has 1 aliphatic heterocycles. The molecule has 2 heterocycles. The van der Waals surface area contributed by atoms with Crippen molar-refractivity contribution >= 4 is 11.6 Å². The molecule has 0 aliphatic carbocycles. The number of aromatic amines is 1. The van der Waals surface area contributed by atoms with Crippen LogP contribution < -0.4 is 11.0 Å². The number of aryl methyl sites for hydroxylation is 1. The van der Waals surface area contributed by atoms with Gasteiger partial charge in [0.25, 0.3) is 5.91 Å². The maximum Gasteiger partial charge on any atom is 0.330 e. The third-order valence-electron chi connectivity index (χ3n) is 4.22. The lowest BCUT2D eigenvalue weighted by Crippen LogP contribution is -2.47. The van der Waals surface area contributed by atoms with Crippen molar-refractivity contribution in [3.8, 4) is 5.69 Å². The molecular formula is C17H22N4O3. The van der Waals surface area contributed by atoms with Crippen LogP contribution in [0.15, 0.2) is 35.3 Å². The van der Waals surface area contributed by atoms with Gasteiger partial charge in [-0.25, -0.2) is 4.79 Å². The molecule has 0 saturated carbocycles. The highest BCUT2D eigenvalue weighted by Gasteiger charge is 2.25. The lowest BCUT2D eigenvalue weighted by atomic mass is 10.2. The Labute approximate surface area is 140 Å². The molecule has 1 aliphatic rings. The lowest BCUT2D eigenvalue weighted by molar-refractivity contribution is -0.132. The van der Waals surface area contributed by atoms with E-state index in [2.05, 4.69) is 22.1 Å². The topological polar surface area (TPSA) is 79.4 Å². The number of H-pyrrole nitrogens is 1. The Morgan fingerprint density at radius 2 is 2.29 bits per heavy atom. The van der Waals surface area contributed by atoms with Gasteiger partial charge in [-0.1, -0.05) is 13.0 Å². The Bertz CT molecular complexity index is 780. The number of nitrogens with zero attached hydrogens (tertiary/aromatic N) is 2. The molecule has 24 heavy (non-hydrogen) atoms. The first-order chi connectivity index (χ1) is 11.6. The van der Waals surface area contributed by atoms with Crippen molar-refractivity contribution in [2.24, 2.45) is 0 Å². The van der Waals surface area contributed by atoms with Crippen LogP contribution in [-0.2, 0) is 9.53 Å². The van der Waals surface area contributed by atoms with Crippen molar-refractivity contribution in [1.82, 2.24) is 14.5 Å². The molecule has 7 nitrogen and oxygen atoms in total. The van der Waals surface area contributed by atoms with Crippen LogP contribution in [-0.4, -0.2) is 52.7 Å². The van der Waals surface area contributed by atoms with Crippen molar-refractivity contribution in [2.75, 3.05) is 31.6 Å². The second-order valence-electron chi connectivity index (χ2n) is 5.86. The number of amides is 1. The summed E-state index contributed by atoms with van der Waals surface area (Å²) in [7, 11) is 0. The van der Waals surface area contributed by atoms with Gasteiger partial charge in [-0.2, -0.15) is 0 Å². The van der Waals surface area contributed by atoms with E-state index < -0.39 is 6.10 Å². The zero-order valence-electron chi connectivity index (χ0n) is 13.9. The lowest BCUT2D eigenvalue weighted by Gasteiger charge is -2.31. The van der Waals surface area contributed by atoms with E-state index >= 15 is 0 Å². The summed E-state index contributed by atoms with van der Waals surface area (Å²) < 4.78 is 7.13. The monoisotopic (exact) mass is 330 g/mol. The molecule has 128 valence electrons. The summed E-state index contributed by atoms with van der Waals surface area (Å²) in [5.74, 6) is -0.163. The molecule has 1 aromatic heterocycles. The number of likely N-dealkylation sites (N-methyl/N-ethyl adjacent to an activating group) is 1. The predicted octanol–water partition coefficient (Wildman–Crippen LogP) is 1.13. The highest BCUT2D eigenvalue weighted by Crippen LogP contribution is 2.16. The van der Waals surface area contributed by atoms with E-state index in [1.54, 1.807) is 22.9 Å². The zero-order valence-corrected chi connectivity index (χ0v) is 13.9. The smallest absolute Gasteiger partial charge is 0.330 e. The van der Waals surface area contributed by atoms with Crippen LogP contribution in [0.3, 0.4) is 0 Å². The van der Waals surface area contributed by atoms with Crippen molar-refractivity contribution in [2.45, 2.75) is 20.0 Å². The number of rotatable bonds is 4. The fourth-order valence-electron chi connectivity index (χ4n) is 2.87. The Morgan fingerprint density at radius 1 is 1.46 bits per heavy atom. The van der Waals surface area contributed by atoms with Gasteiger partial charge in [-0.15, -0.1) is 0 Å². The van der Waals surface area contributed by atoms with Crippen LogP contribution in [0, 0.1) is 6.92 Å². The third-order valence-corrected chi connectivity index (χ3v) is 4.22. The summed E-state index contributed by atoms with van der Waals surface area (Å²) in [6.45, 7) is 6.82. The average molecular weight is 330 g/mol. The van der Waals surface area contributed by atoms with Gasteiger partial charge in [0.05, 0.1) is 12.3 Å². The largest absolute Gasteiger partial charge is 0.366 e. The van der Waals surface area contributed by atoms with E-state index in [0.717, 1.165) is 18.8 Å². The molecule has 0 unspecified atom stereocenters. The number of carbonyl (C=O) groups is 1. The predicted molar refractivity (Wildman–Crippen MR) is 91.6 cm³/mol. The molecule has 2 N–H and O–H groups in total. The number of imidazole rings is 1. The molecule has 7 heteroatoms. The molecular weight excluding hydrogens is 308 g/mol. The van der Waals surface area contributed by atoms with Crippen molar-refractivity contribution in [3.05, 3.63) is 46.6 Å². The number of hydrogen-bond donors (Lipinski definition) is 2. The van der Waals surface area contributed by atoms with Gasteiger partial charge in [-0.3, -0.25) is 14.3 Å². The molecule has 0 bridgehead atoms. The second-order valence-corrected chi connectivity index (χ2v) is 5.86. The first-order valence-corrected chi connectivity index (χ1v) is 8.10. The van der Waals surface area contributed by atoms with E-state index in [1.165, 1.54) is 0 Å². The fraction of sp³-hybridized carbons (Fsp3) is 0.412. The standard InChI is InChI=1S/C17H22N4O3/c1-3-20-7-8-24-15(11-20)16(22)19-13-5-4-6-14(9-13)21-12(2)10-18-17(21)23/h4-6,9-10,15H,3,7-8,11H2,1-2H3,(H,18,23)(H,19,22)/t15-/m1/s1. The number of anilines is 1. The number of carbonyl (C=O) groups excluding carboxylic acids is 1. The van der Waals surface area contributed by atoms with Gasteiger partial charge >= 0.3 is 5.69 Å². The van der Waals surface area contributed by atoms with E-state index in [0.29, 0.717) is 24.5 Å². The van der Waals surface area contributed by atoms with E-state index in [4.69, 9.17) is 4.74 Å². The number of aromatic nitrogens is 2. The summed E-state index contributed by atoms with van der Waals surface area (Å²) in [6.07, 6.45) is 1.18. The number of benzene rings is 1. The summed E-state index contributed by atoms with van der Waals surface area (Å²) in [5.41, 5.74) is 1.95. The summed E-state index contributed by atoms with van der Waals surface area (Å²) in [4.78, 5) is 29.1. The van der Waals surface area contributed by atoms with Gasteiger partial charge in [0.15, 0.2) is 0 Å². The van der Waals surface area contributed by atoms with Crippen molar-refractivity contribution in [1.29, 1.82) is 0 Å². The molecule has 0 spiro atoms. The quantitative estimate of drug-likeness (QED) is 0.881. The maximum atomic E-state index is 12.4. The molecule has 2 aromatic rings.